The Morgan fingerprint density at radius 1 is 1.60 bits per heavy atom. The summed E-state index contributed by atoms with van der Waals surface area (Å²) in [5.41, 5.74) is 7.29. The monoisotopic (exact) mass is 270 g/mol. The molecule has 15 heavy (non-hydrogen) atoms. The molecule has 3 N–H and O–H groups in total. The molecule has 0 heterocycles. The number of halogens is 1. The predicted octanol–water partition coefficient (Wildman–Crippen LogP) is 2.29. The third kappa shape index (κ3) is 3.32. The molecule has 0 bridgehead atoms. The van der Waals surface area contributed by atoms with Crippen molar-refractivity contribution in [1.29, 1.82) is 0 Å². The van der Waals surface area contributed by atoms with Gasteiger partial charge in [-0.05, 0) is 24.6 Å². The molecule has 1 rings (SSSR count). The van der Waals surface area contributed by atoms with Gasteiger partial charge in [0.15, 0.2) is 0 Å². The Bertz CT molecular complexity index is 366. The van der Waals surface area contributed by atoms with E-state index in [1.165, 1.54) is 0 Å². The number of anilines is 1. The molecule has 1 aromatic rings. The topological polar surface area (TPSA) is 55.1 Å². The molecule has 1 amide bonds. The lowest BCUT2D eigenvalue weighted by Crippen LogP contribution is -2.26. The first kappa shape index (κ1) is 12.2. The number of nitrogens with one attached hydrogen (secondary N) is 1. The average Bonchev–Trinajstić information content (AvgIpc) is 2.22. The number of carbonyl (C=O) groups excluding carboxylic acids is 1. The average molecular weight is 271 g/mol. The van der Waals surface area contributed by atoms with Gasteiger partial charge in [0.2, 0.25) is 5.91 Å². The summed E-state index contributed by atoms with van der Waals surface area (Å²) in [6.07, 6.45) is 0. The fourth-order valence-corrected chi connectivity index (χ4v) is 1.45. The maximum atomic E-state index is 11.6. The number of nitrogens with two attached hydrogens (primary N) is 1. The minimum absolute atomic E-state index is 0.0429. The van der Waals surface area contributed by atoms with Crippen molar-refractivity contribution in [3.05, 3.63) is 28.2 Å². The van der Waals surface area contributed by atoms with Crippen LogP contribution in [0.4, 0.5) is 5.69 Å². The van der Waals surface area contributed by atoms with Crippen molar-refractivity contribution >= 4 is 27.5 Å². The number of carbonyl (C=O) groups is 1. The minimum atomic E-state index is -0.164. The molecule has 0 aliphatic rings. The fraction of sp³-hybridized carbons (Fsp3) is 0.364. The van der Waals surface area contributed by atoms with Crippen molar-refractivity contribution in [2.45, 2.75) is 13.8 Å². The van der Waals surface area contributed by atoms with E-state index < -0.39 is 0 Å². The van der Waals surface area contributed by atoms with Crippen LogP contribution < -0.4 is 11.1 Å². The van der Waals surface area contributed by atoms with Crippen LogP contribution in [0.15, 0.2) is 22.7 Å². The van der Waals surface area contributed by atoms with E-state index in [2.05, 4.69) is 21.2 Å². The van der Waals surface area contributed by atoms with Crippen LogP contribution >= 0.6 is 15.9 Å². The maximum absolute atomic E-state index is 11.6. The molecule has 0 spiro atoms. The number of hydrogen-bond donors (Lipinski definition) is 2. The van der Waals surface area contributed by atoms with Crippen molar-refractivity contribution in [2.75, 3.05) is 11.9 Å². The number of aryl methyl sites for hydroxylation is 1. The molecule has 1 aromatic carbocycles. The summed E-state index contributed by atoms with van der Waals surface area (Å²) in [7, 11) is 0. The second-order valence-corrected chi connectivity index (χ2v) is 4.50. The van der Waals surface area contributed by atoms with Crippen LogP contribution in [0.1, 0.15) is 12.5 Å². The zero-order valence-corrected chi connectivity index (χ0v) is 10.5. The van der Waals surface area contributed by atoms with Gasteiger partial charge < -0.3 is 11.1 Å². The van der Waals surface area contributed by atoms with Gasteiger partial charge in [0, 0.05) is 22.6 Å². The summed E-state index contributed by atoms with van der Waals surface area (Å²) in [5, 5.41) is 2.85. The summed E-state index contributed by atoms with van der Waals surface area (Å²) in [5.74, 6) is -0.206. The van der Waals surface area contributed by atoms with Gasteiger partial charge in [0.25, 0.3) is 0 Å². The highest BCUT2D eigenvalue weighted by Gasteiger charge is 2.11. The highest BCUT2D eigenvalue weighted by atomic mass is 79.9. The Hall–Kier alpha value is -0.870. The fourth-order valence-electron chi connectivity index (χ4n) is 1.09. The van der Waals surface area contributed by atoms with Crippen LogP contribution in [0.2, 0.25) is 0 Å². The first-order chi connectivity index (χ1) is 7.04. The van der Waals surface area contributed by atoms with Crippen LogP contribution in [-0.4, -0.2) is 12.5 Å². The highest BCUT2D eigenvalue weighted by Crippen LogP contribution is 2.20. The van der Waals surface area contributed by atoms with Gasteiger partial charge in [-0.15, -0.1) is 0 Å². The Balaban J connectivity index is 2.80. The Labute approximate surface area is 98.2 Å². The van der Waals surface area contributed by atoms with E-state index in [0.717, 1.165) is 15.7 Å². The number of amides is 1. The SMILES string of the molecule is Cc1ccc(Br)cc1NC(=O)C(C)CN. The van der Waals surface area contributed by atoms with Crippen LogP contribution in [0, 0.1) is 12.8 Å². The molecule has 0 aromatic heterocycles. The van der Waals surface area contributed by atoms with Gasteiger partial charge in [-0.25, -0.2) is 0 Å². The molecule has 0 fully saturated rings. The van der Waals surface area contributed by atoms with Crippen molar-refractivity contribution in [3.63, 3.8) is 0 Å². The molecule has 0 saturated heterocycles. The van der Waals surface area contributed by atoms with E-state index in [9.17, 15) is 4.79 Å². The molecular formula is C11H15BrN2O. The smallest absolute Gasteiger partial charge is 0.228 e. The van der Waals surface area contributed by atoms with E-state index in [1.54, 1.807) is 0 Å². The lowest BCUT2D eigenvalue weighted by atomic mass is 10.1. The third-order valence-electron chi connectivity index (χ3n) is 2.26. The molecule has 4 heteroatoms. The van der Waals surface area contributed by atoms with Gasteiger partial charge in [0.05, 0.1) is 0 Å². The maximum Gasteiger partial charge on any atom is 0.228 e. The first-order valence-corrected chi connectivity index (χ1v) is 5.61. The Kier molecular flexibility index (Phi) is 4.29. The van der Waals surface area contributed by atoms with E-state index >= 15 is 0 Å². The molecule has 1 unspecified atom stereocenters. The van der Waals surface area contributed by atoms with Gasteiger partial charge in [0.1, 0.15) is 0 Å². The molecule has 3 nitrogen and oxygen atoms in total. The molecule has 0 saturated carbocycles. The van der Waals surface area contributed by atoms with E-state index in [4.69, 9.17) is 5.73 Å². The second kappa shape index (κ2) is 5.28. The summed E-state index contributed by atoms with van der Waals surface area (Å²) < 4.78 is 0.948. The highest BCUT2D eigenvalue weighted by molar-refractivity contribution is 9.10. The lowest BCUT2D eigenvalue weighted by molar-refractivity contribution is -0.119. The van der Waals surface area contributed by atoms with E-state index in [0.29, 0.717) is 6.54 Å². The largest absolute Gasteiger partial charge is 0.330 e. The summed E-state index contributed by atoms with van der Waals surface area (Å²) in [6.45, 7) is 4.12. The van der Waals surface area contributed by atoms with Crippen LogP contribution in [0.5, 0.6) is 0 Å². The quantitative estimate of drug-likeness (QED) is 0.886. The number of hydrogen-bond acceptors (Lipinski definition) is 2. The standard InChI is InChI=1S/C11H15BrN2O/c1-7-3-4-9(12)5-10(7)14-11(15)8(2)6-13/h3-5,8H,6,13H2,1-2H3,(H,14,15). The van der Waals surface area contributed by atoms with Crippen molar-refractivity contribution in [3.8, 4) is 0 Å². The third-order valence-corrected chi connectivity index (χ3v) is 2.75. The first-order valence-electron chi connectivity index (χ1n) is 4.81. The van der Waals surface area contributed by atoms with Crippen molar-refractivity contribution in [2.24, 2.45) is 11.7 Å². The Morgan fingerprint density at radius 2 is 2.27 bits per heavy atom. The van der Waals surface area contributed by atoms with Gasteiger partial charge >= 0.3 is 0 Å². The van der Waals surface area contributed by atoms with Gasteiger partial charge in [-0.2, -0.15) is 0 Å². The summed E-state index contributed by atoms with van der Waals surface area (Å²) in [4.78, 5) is 11.6. The van der Waals surface area contributed by atoms with Crippen LogP contribution in [-0.2, 0) is 4.79 Å². The van der Waals surface area contributed by atoms with E-state index in [1.807, 2.05) is 32.0 Å². The molecule has 82 valence electrons. The summed E-state index contributed by atoms with van der Waals surface area (Å²) >= 11 is 3.36. The zero-order chi connectivity index (χ0) is 11.4. The van der Waals surface area contributed by atoms with Crippen molar-refractivity contribution < 1.29 is 4.79 Å². The second-order valence-electron chi connectivity index (χ2n) is 3.59. The lowest BCUT2D eigenvalue weighted by Gasteiger charge is -2.12. The number of benzene rings is 1. The van der Waals surface area contributed by atoms with Crippen molar-refractivity contribution in [1.82, 2.24) is 0 Å². The zero-order valence-electron chi connectivity index (χ0n) is 8.88. The minimum Gasteiger partial charge on any atom is -0.330 e. The van der Waals surface area contributed by atoms with Crippen LogP contribution in [0.3, 0.4) is 0 Å². The molecule has 0 aliphatic carbocycles. The summed E-state index contributed by atoms with van der Waals surface area (Å²) in [6, 6.07) is 5.78. The molecule has 0 aliphatic heterocycles. The molecule has 1 atom stereocenters. The van der Waals surface area contributed by atoms with Crippen LogP contribution in [0.25, 0.3) is 0 Å². The Morgan fingerprint density at radius 3 is 2.87 bits per heavy atom. The molecule has 0 radical (unpaired) electrons. The van der Waals surface area contributed by atoms with Gasteiger partial charge in [-0.3, -0.25) is 4.79 Å². The van der Waals surface area contributed by atoms with E-state index in [-0.39, 0.29) is 11.8 Å². The normalized spacial score (nSPS) is 12.3. The number of rotatable bonds is 3. The van der Waals surface area contributed by atoms with Gasteiger partial charge in [-0.1, -0.05) is 28.9 Å². The predicted molar refractivity (Wildman–Crippen MR) is 65.7 cm³/mol. The molecular weight excluding hydrogens is 256 g/mol.